The third-order valence-corrected chi connectivity index (χ3v) is 5.69. The summed E-state index contributed by atoms with van der Waals surface area (Å²) >= 11 is 8.32. The van der Waals surface area contributed by atoms with Gasteiger partial charge in [-0.1, -0.05) is 12.1 Å². The van der Waals surface area contributed by atoms with Gasteiger partial charge in [-0.05, 0) is 12.1 Å². The van der Waals surface area contributed by atoms with Crippen molar-refractivity contribution in [1.82, 2.24) is 9.97 Å². The van der Waals surface area contributed by atoms with E-state index in [0.29, 0.717) is 31.8 Å². The Kier molecular flexibility index (Phi) is 4.95. The summed E-state index contributed by atoms with van der Waals surface area (Å²) in [5.74, 6) is 0.0130. The maximum atomic E-state index is 12.6. The molecule has 3 aromatic rings. The summed E-state index contributed by atoms with van der Waals surface area (Å²) in [6, 6.07) is 4.83. The minimum atomic E-state index is -4.37. The van der Waals surface area contributed by atoms with Gasteiger partial charge >= 0.3 is 6.18 Å². The standard InChI is InChI=1S/C16H10ClF3N2OS2/c1-8(23)13-11(6-17)21-15(25-13)12-7-24-14(22-12)9-2-4-10(5-3-9)16(18,19)20/h2-5,7H,6H2,1H3. The lowest BCUT2D eigenvalue weighted by Gasteiger charge is -2.06. The third-order valence-electron chi connectivity index (χ3n) is 3.33. The molecule has 0 aliphatic rings. The van der Waals surface area contributed by atoms with Crippen molar-refractivity contribution in [2.24, 2.45) is 0 Å². The second-order valence-corrected chi connectivity index (χ2v) is 7.22. The largest absolute Gasteiger partial charge is 0.416 e. The van der Waals surface area contributed by atoms with Crippen LogP contribution in [0.1, 0.15) is 27.9 Å². The van der Waals surface area contributed by atoms with E-state index in [-0.39, 0.29) is 11.7 Å². The van der Waals surface area contributed by atoms with E-state index in [2.05, 4.69) is 9.97 Å². The van der Waals surface area contributed by atoms with Gasteiger partial charge in [0.15, 0.2) is 5.78 Å². The Morgan fingerprint density at radius 2 is 1.84 bits per heavy atom. The van der Waals surface area contributed by atoms with E-state index in [4.69, 9.17) is 11.6 Å². The molecule has 3 nitrogen and oxygen atoms in total. The number of carbonyl (C=O) groups excluding carboxylic acids is 1. The van der Waals surface area contributed by atoms with Crippen LogP contribution in [0.15, 0.2) is 29.6 Å². The summed E-state index contributed by atoms with van der Waals surface area (Å²) < 4.78 is 37.9. The Morgan fingerprint density at radius 3 is 2.36 bits per heavy atom. The van der Waals surface area contributed by atoms with Crippen molar-refractivity contribution in [3.05, 3.63) is 45.8 Å². The fourth-order valence-corrected chi connectivity index (χ4v) is 4.23. The molecule has 0 N–H and O–H groups in total. The van der Waals surface area contributed by atoms with Crippen LogP contribution in [0.25, 0.3) is 21.3 Å². The maximum absolute atomic E-state index is 12.6. The first kappa shape index (κ1) is 18.0. The number of alkyl halides is 4. The van der Waals surface area contributed by atoms with Crippen LogP contribution in [0.4, 0.5) is 13.2 Å². The molecule has 0 saturated carbocycles. The number of benzene rings is 1. The molecule has 0 saturated heterocycles. The summed E-state index contributed by atoms with van der Waals surface area (Å²) in [5, 5.41) is 2.90. The molecular formula is C16H10ClF3N2OS2. The lowest BCUT2D eigenvalue weighted by Crippen LogP contribution is -2.03. The number of hydrogen-bond acceptors (Lipinski definition) is 5. The van der Waals surface area contributed by atoms with E-state index in [1.165, 1.54) is 41.7 Å². The summed E-state index contributed by atoms with van der Waals surface area (Å²) in [4.78, 5) is 20.9. The Morgan fingerprint density at radius 1 is 1.16 bits per heavy atom. The summed E-state index contributed by atoms with van der Waals surface area (Å²) in [7, 11) is 0. The molecule has 0 aliphatic carbocycles. The Balaban J connectivity index is 1.91. The van der Waals surface area contributed by atoms with Gasteiger partial charge < -0.3 is 0 Å². The van der Waals surface area contributed by atoms with Gasteiger partial charge in [0.25, 0.3) is 0 Å². The zero-order valence-corrected chi connectivity index (χ0v) is 15.1. The van der Waals surface area contributed by atoms with E-state index >= 15 is 0 Å². The Labute approximate surface area is 154 Å². The maximum Gasteiger partial charge on any atom is 0.416 e. The molecule has 3 rings (SSSR count). The van der Waals surface area contributed by atoms with E-state index in [1.807, 2.05) is 0 Å². The number of nitrogens with zero attached hydrogens (tertiary/aromatic N) is 2. The molecule has 2 heterocycles. The predicted molar refractivity (Wildman–Crippen MR) is 93.2 cm³/mol. The Bertz CT molecular complexity index is 916. The van der Waals surface area contributed by atoms with Gasteiger partial charge in [-0.3, -0.25) is 4.79 Å². The van der Waals surface area contributed by atoms with Crippen LogP contribution in [0.5, 0.6) is 0 Å². The number of hydrogen-bond donors (Lipinski definition) is 0. The molecule has 0 fully saturated rings. The normalized spacial score (nSPS) is 11.7. The molecule has 9 heteroatoms. The first-order chi connectivity index (χ1) is 11.8. The predicted octanol–water partition coefficient (Wildman–Crippen LogP) is 5.89. The molecule has 0 amide bonds. The van der Waals surface area contributed by atoms with Crippen molar-refractivity contribution in [3.8, 4) is 21.3 Å². The second kappa shape index (κ2) is 6.86. The number of carbonyl (C=O) groups is 1. The number of Topliss-reactive ketones (excluding diaryl/α,β-unsaturated/α-hetero) is 1. The van der Waals surface area contributed by atoms with Gasteiger partial charge in [-0.15, -0.1) is 34.3 Å². The zero-order valence-electron chi connectivity index (χ0n) is 12.7. The van der Waals surface area contributed by atoms with Gasteiger partial charge in [-0.25, -0.2) is 9.97 Å². The average Bonchev–Trinajstić information content (AvgIpc) is 3.21. The third kappa shape index (κ3) is 3.75. The van der Waals surface area contributed by atoms with Gasteiger partial charge in [0, 0.05) is 17.9 Å². The fraction of sp³-hybridized carbons (Fsp3) is 0.188. The monoisotopic (exact) mass is 402 g/mol. The first-order valence-corrected chi connectivity index (χ1v) is 9.23. The van der Waals surface area contributed by atoms with Crippen molar-refractivity contribution in [2.45, 2.75) is 19.0 Å². The van der Waals surface area contributed by atoms with E-state index in [9.17, 15) is 18.0 Å². The van der Waals surface area contributed by atoms with Crippen molar-refractivity contribution in [3.63, 3.8) is 0 Å². The van der Waals surface area contributed by atoms with Crippen LogP contribution in [-0.2, 0) is 12.1 Å². The van der Waals surface area contributed by atoms with Gasteiger partial charge in [0.05, 0.1) is 22.0 Å². The smallest absolute Gasteiger partial charge is 0.294 e. The molecule has 1 aromatic carbocycles. The number of rotatable bonds is 4. The van der Waals surface area contributed by atoms with Crippen LogP contribution in [-0.4, -0.2) is 15.8 Å². The van der Waals surface area contributed by atoms with Crippen molar-refractivity contribution in [1.29, 1.82) is 0 Å². The van der Waals surface area contributed by atoms with Crippen LogP contribution < -0.4 is 0 Å². The van der Waals surface area contributed by atoms with Crippen molar-refractivity contribution in [2.75, 3.05) is 0 Å². The molecule has 2 aromatic heterocycles. The average molecular weight is 403 g/mol. The van der Waals surface area contributed by atoms with Gasteiger partial charge in [0.2, 0.25) is 0 Å². The fourth-order valence-electron chi connectivity index (χ4n) is 2.13. The molecule has 130 valence electrons. The van der Waals surface area contributed by atoms with Gasteiger partial charge in [-0.2, -0.15) is 13.2 Å². The SMILES string of the molecule is CC(=O)c1sc(-c2csc(-c3ccc(C(F)(F)F)cc3)n2)nc1CCl. The molecule has 0 atom stereocenters. The van der Waals surface area contributed by atoms with E-state index in [1.54, 1.807) is 5.38 Å². The number of ketones is 1. The minimum Gasteiger partial charge on any atom is -0.294 e. The van der Waals surface area contributed by atoms with Gasteiger partial charge in [0.1, 0.15) is 15.7 Å². The van der Waals surface area contributed by atoms with Crippen LogP contribution in [0.2, 0.25) is 0 Å². The lowest BCUT2D eigenvalue weighted by atomic mass is 10.1. The highest BCUT2D eigenvalue weighted by Gasteiger charge is 2.30. The molecule has 0 bridgehead atoms. The molecule has 0 radical (unpaired) electrons. The topological polar surface area (TPSA) is 42.9 Å². The zero-order chi connectivity index (χ0) is 18.2. The Hall–Kier alpha value is -1.77. The number of halogens is 4. The molecule has 0 aliphatic heterocycles. The van der Waals surface area contributed by atoms with Crippen molar-refractivity contribution >= 4 is 40.1 Å². The van der Waals surface area contributed by atoms with E-state index in [0.717, 1.165) is 12.1 Å². The summed E-state index contributed by atoms with van der Waals surface area (Å²) in [6.07, 6.45) is -4.37. The summed E-state index contributed by atoms with van der Waals surface area (Å²) in [6.45, 7) is 1.45. The number of aromatic nitrogens is 2. The highest BCUT2D eigenvalue weighted by Crippen LogP contribution is 2.35. The molecule has 0 unspecified atom stereocenters. The lowest BCUT2D eigenvalue weighted by molar-refractivity contribution is -0.137. The second-order valence-electron chi connectivity index (χ2n) is 5.10. The van der Waals surface area contributed by atoms with Crippen molar-refractivity contribution < 1.29 is 18.0 Å². The minimum absolute atomic E-state index is 0.113. The highest BCUT2D eigenvalue weighted by molar-refractivity contribution is 7.18. The van der Waals surface area contributed by atoms with Crippen LogP contribution in [0.3, 0.4) is 0 Å². The summed E-state index contributed by atoms with van der Waals surface area (Å²) in [5.41, 5.74) is 0.970. The quantitative estimate of drug-likeness (QED) is 0.403. The van der Waals surface area contributed by atoms with Crippen LogP contribution in [0, 0.1) is 0 Å². The molecular weight excluding hydrogens is 393 g/mol. The molecule has 25 heavy (non-hydrogen) atoms. The highest BCUT2D eigenvalue weighted by atomic mass is 35.5. The number of thiazole rings is 2. The molecule has 0 spiro atoms. The van der Waals surface area contributed by atoms with Crippen LogP contribution >= 0.6 is 34.3 Å². The van der Waals surface area contributed by atoms with E-state index < -0.39 is 11.7 Å². The first-order valence-electron chi connectivity index (χ1n) is 6.99.